The fourth-order valence-corrected chi connectivity index (χ4v) is 4.72. The summed E-state index contributed by atoms with van der Waals surface area (Å²) < 4.78 is 5.73. The molecular formula is C15H24N2O3. The predicted molar refractivity (Wildman–Crippen MR) is 72.8 cm³/mol. The number of rotatable bonds is 2. The molecule has 5 heteroatoms. The van der Waals surface area contributed by atoms with Crippen LogP contribution in [-0.4, -0.2) is 52.9 Å². The van der Waals surface area contributed by atoms with Crippen LogP contribution in [0.5, 0.6) is 0 Å². The molecule has 3 atom stereocenters. The van der Waals surface area contributed by atoms with Gasteiger partial charge in [0, 0.05) is 17.9 Å². The maximum atomic E-state index is 12.9. The van der Waals surface area contributed by atoms with Gasteiger partial charge in [0.25, 0.3) is 0 Å². The van der Waals surface area contributed by atoms with Gasteiger partial charge < -0.3 is 20.5 Å². The predicted octanol–water partition coefficient (Wildman–Crippen LogP) is 0.112. The van der Waals surface area contributed by atoms with Gasteiger partial charge >= 0.3 is 0 Å². The first-order chi connectivity index (χ1) is 9.31. The lowest BCUT2D eigenvalue weighted by atomic mass is 9.47. The Bertz CT molecular complexity index is 468. The van der Waals surface area contributed by atoms with Crippen LogP contribution in [0.2, 0.25) is 0 Å². The molecule has 20 heavy (non-hydrogen) atoms. The van der Waals surface area contributed by atoms with Crippen molar-refractivity contribution in [3.63, 3.8) is 0 Å². The molecule has 2 saturated carbocycles. The van der Waals surface area contributed by atoms with E-state index in [0.29, 0.717) is 25.6 Å². The number of carbonyl (C=O) groups is 1. The zero-order valence-electron chi connectivity index (χ0n) is 12.3. The van der Waals surface area contributed by atoms with Crippen molar-refractivity contribution >= 4 is 5.91 Å². The number of carbonyl (C=O) groups excluding carboxylic acids is 1. The van der Waals surface area contributed by atoms with E-state index in [4.69, 9.17) is 10.5 Å². The second-order valence-corrected chi connectivity index (χ2v) is 7.82. The van der Waals surface area contributed by atoms with Crippen LogP contribution in [0, 0.1) is 17.3 Å². The molecule has 3 N–H and O–H groups in total. The maximum absolute atomic E-state index is 12.9. The van der Waals surface area contributed by atoms with E-state index >= 15 is 0 Å². The second-order valence-electron chi connectivity index (χ2n) is 7.82. The first-order valence-electron chi connectivity index (χ1n) is 7.73. The summed E-state index contributed by atoms with van der Waals surface area (Å²) in [4.78, 5) is 14.6. The SMILES string of the molecule is CC1(C)C2OCCC2C1(N)C(=O)N1CC(O)(C2CC2)C1. The van der Waals surface area contributed by atoms with Gasteiger partial charge in [-0.25, -0.2) is 0 Å². The molecule has 2 saturated heterocycles. The Morgan fingerprint density at radius 2 is 1.95 bits per heavy atom. The van der Waals surface area contributed by atoms with Gasteiger partial charge in [0.1, 0.15) is 11.1 Å². The molecule has 2 aliphatic heterocycles. The molecule has 4 aliphatic rings. The zero-order chi connectivity index (χ0) is 14.3. The molecule has 3 unspecified atom stereocenters. The molecule has 4 fully saturated rings. The summed E-state index contributed by atoms with van der Waals surface area (Å²) in [6.07, 6.45) is 3.17. The summed E-state index contributed by atoms with van der Waals surface area (Å²) in [5.74, 6) is 0.552. The van der Waals surface area contributed by atoms with E-state index in [9.17, 15) is 9.90 Å². The molecule has 5 nitrogen and oxygen atoms in total. The highest BCUT2D eigenvalue weighted by molar-refractivity contribution is 5.90. The molecule has 0 bridgehead atoms. The molecule has 0 aromatic heterocycles. The number of nitrogens with zero attached hydrogens (tertiary/aromatic N) is 1. The fraction of sp³-hybridized carbons (Fsp3) is 0.933. The van der Waals surface area contributed by atoms with Crippen LogP contribution in [0.3, 0.4) is 0 Å². The Labute approximate surface area is 119 Å². The van der Waals surface area contributed by atoms with Crippen LogP contribution in [0.4, 0.5) is 0 Å². The number of hydrogen-bond donors (Lipinski definition) is 2. The van der Waals surface area contributed by atoms with Crippen molar-refractivity contribution in [2.75, 3.05) is 19.7 Å². The van der Waals surface area contributed by atoms with Crippen molar-refractivity contribution in [2.45, 2.75) is 50.4 Å². The van der Waals surface area contributed by atoms with Crippen molar-refractivity contribution in [3.05, 3.63) is 0 Å². The summed E-state index contributed by atoms with van der Waals surface area (Å²) in [7, 11) is 0. The summed E-state index contributed by atoms with van der Waals surface area (Å²) in [6.45, 7) is 5.69. The highest BCUT2D eigenvalue weighted by Gasteiger charge is 2.73. The van der Waals surface area contributed by atoms with E-state index in [1.54, 1.807) is 4.90 Å². The smallest absolute Gasteiger partial charge is 0.243 e. The zero-order valence-corrected chi connectivity index (χ0v) is 12.3. The summed E-state index contributed by atoms with van der Waals surface area (Å²) in [5.41, 5.74) is 4.77. The van der Waals surface area contributed by atoms with Gasteiger partial charge in [-0.05, 0) is 25.2 Å². The topological polar surface area (TPSA) is 75.8 Å². The van der Waals surface area contributed by atoms with Crippen molar-refractivity contribution in [2.24, 2.45) is 23.0 Å². The van der Waals surface area contributed by atoms with Gasteiger partial charge in [-0.1, -0.05) is 13.8 Å². The molecule has 0 aromatic carbocycles. The average Bonchev–Trinajstić information content (AvgIpc) is 3.10. The van der Waals surface area contributed by atoms with Gasteiger partial charge in [-0.3, -0.25) is 4.79 Å². The second kappa shape index (κ2) is 3.57. The van der Waals surface area contributed by atoms with Crippen molar-refractivity contribution in [1.29, 1.82) is 0 Å². The van der Waals surface area contributed by atoms with Crippen molar-refractivity contribution < 1.29 is 14.6 Å². The molecule has 4 rings (SSSR count). The van der Waals surface area contributed by atoms with Gasteiger partial charge in [-0.2, -0.15) is 0 Å². The van der Waals surface area contributed by atoms with E-state index in [0.717, 1.165) is 19.3 Å². The molecule has 0 aromatic rings. The third-order valence-electron chi connectivity index (χ3n) is 6.36. The number of likely N-dealkylation sites (tertiary alicyclic amines) is 1. The highest BCUT2D eigenvalue weighted by Crippen LogP contribution is 2.59. The lowest BCUT2D eigenvalue weighted by Crippen LogP contribution is -2.82. The number of β-amino-alcohol motifs (C(OH)–C–C–N with tert-alkyl or cyclic N) is 1. The lowest BCUT2D eigenvalue weighted by Gasteiger charge is -2.63. The molecule has 2 heterocycles. The molecular weight excluding hydrogens is 256 g/mol. The first-order valence-corrected chi connectivity index (χ1v) is 7.73. The van der Waals surface area contributed by atoms with E-state index in [1.807, 2.05) is 13.8 Å². The average molecular weight is 280 g/mol. The number of amides is 1. The summed E-state index contributed by atoms with van der Waals surface area (Å²) in [6, 6.07) is 0. The molecule has 112 valence electrons. The minimum absolute atomic E-state index is 0.0135. The first kappa shape index (κ1) is 13.0. The van der Waals surface area contributed by atoms with Crippen LogP contribution in [-0.2, 0) is 9.53 Å². The summed E-state index contributed by atoms with van der Waals surface area (Å²) >= 11 is 0. The maximum Gasteiger partial charge on any atom is 0.243 e. The molecule has 0 spiro atoms. The number of fused-ring (bicyclic) bond motifs is 1. The largest absolute Gasteiger partial charge is 0.386 e. The van der Waals surface area contributed by atoms with E-state index in [2.05, 4.69) is 0 Å². The van der Waals surface area contributed by atoms with Crippen LogP contribution in [0.1, 0.15) is 33.1 Å². The van der Waals surface area contributed by atoms with Gasteiger partial charge in [0.2, 0.25) is 5.91 Å². The van der Waals surface area contributed by atoms with Crippen LogP contribution < -0.4 is 5.73 Å². The Kier molecular flexibility index (Phi) is 2.33. The third kappa shape index (κ3) is 1.32. The van der Waals surface area contributed by atoms with Gasteiger partial charge in [-0.15, -0.1) is 0 Å². The quantitative estimate of drug-likeness (QED) is 0.753. The monoisotopic (exact) mass is 280 g/mol. The molecule has 0 radical (unpaired) electrons. The van der Waals surface area contributed by atoms with E-state index < -0.39 is 11.1 Å². The Morgan fingerprint density at radius 1 is 1.30 bits per heavy atom. The van der Waals surface area contributed by atoms with E-state index in [-0.39, 0.29) is 23.3 Å². The van der Waals surface area contributed by atoms with Crippen molar-refractivity contribution in [1.82, 2.24) is 4.90 Å². The Morgan fingerprint density at radius 3 is 2.55 bits per heavy atom. The van der Waals surface area contributed by atoms with Crippen molar-refractivity contribution in [3.8, 4) is 0 Å². The van der Waals surface area contributed by atoms with Crippen LogP contribution in [0.25, 0.3) is 0 Å². The Balaban J connectivity index is 1.51. The van der Waals surface area contributed by atoms with Crippen LogP contribution >= 0.6 is 0 Å². The number of hydrogen-bond acceptors (Lipinski definition) is 4. The third-order valence-corrected chi connectivity index (χ3v) is 6.36. The van der Waals surface area contributed by atoms with Gasteiger partial charge in [0.15, 0.2) is 0 Å². The number of nitrogens with two attached hydrogens (primary N) is 1. The van der Waals surface area contributed by atoms with E-state index in [1.165, 1.54) is 0 Å². The molecule has 2 aliphatic carbocycles. The minimum atomic E-state index is -0.820. The normalized spacial score (nSPS) is 44.5. The van der Waals surface area contributed by atoms with Crippen LogP contribution in [0.15, 0.2) is 0 Å². The number of ether oxygens (including phenoxy) is 1. The highest BCUT2D eigenvalue weighted by atomic mass is 16.5. The minimum Gasteiger partial charge on any atom is -0.386 e. The molecule has 1 amide bonds. The number of aliphatic hydroxyl groups is 1. The lowest BCUT2D eigenvalue weighted by molar-refractivity contribution is -0.201. The summed E-state index contributed by atoms with van der Waals surface area (Å²) in [5, 5.41) is 10.4. The Hall–Kier alpha value is -0.650. The fourth-order valence-electron chi connectivity index (χ4n) is 4.72. The standard InChI is InChI=1S/C15H24N2O3/c1-13(2)11-10(5-6-20-11)15(13,16)12(18)17-7-14(19,8-17)9-3-4-9/h9-11,19H,3-8,16H2,1-2H3. The van der Waals surface area contributed by atoms with Gasteiger partial charge in [0.05, 0.1) is 19.2 Å².